The van der Waals surface area contributed by atoms with Gasteiger partial charge in [0, 0.05) is 5.69 Å². The van der Waals surface area contributed by atoms with Gasteiger partial charge in [0.1, 0.15) is 18.3 Å². The molecule has 146 valence electrons. The van der Waals surface area contributed by atoms with Crippen molar-refractivity contribution >= 4 is 29.1 Å². The van der Waals surface area contributed by atoms with Crippen LogP contribution in [0.1, 0.15) is 24.2 Å². The molecule has 2 aromatic carbocycles. The van der Waals surface area contributed by atoms with Gasteiger partial charge in [0.15, 0.2) is 0 Å². The summed E-state index contributed by atoms with van der Waals surface area (Å²) in [6, 6.07) is 13.0. The molecule has 0 radical (unpaired) electrons. The summed E-state index contributed by atoms with van der Waals surface area (Å²) < 4.78 is 5.10. The largest absolute Gasteiger partial charge is 0.497 e. The monoisotopic (exact) mass is 381 g/mol. The number of rotatable bonds is 5. The Labute approximate surface area is 163 Å². The number of fused-ring (bicyclic) bond motifs is 1. The minimum Gasteiger partial charge on any atom is -0.497 e. The Morgan fingerprint density at radius 3 is 2.46 bits per heavy atom. The number of carbonyl (C=O) groups is 3. The summed E-state index contributed by atoms with van der Waals surface area (Å²) in [5, 5.41) is 5.55. The molecule has 2 N–H and O–H groups in total. The van der Waals surface area contributed by atoms with Crippen molar-refractivity contribution in [3.05, 3.63) is 54.1 Å². The number of hydrogen-bond acceptors (Lipinski definition) is 4. The number of benzene rings is 2. The van der Waals surface area contributed by atoms with Crippen molar-refractivity contribution in [2.24, 2.45) is 5.92 Å². The number of hydrogen-bond donors (Lipinski definition) is 2. The molecule has 3 amide bonds. The summed E-state index contributed by atoms with van der Waals surface area (Å²) in [5.74, 6) is -0.416. The summed E-state index contributed by atoms with van der Waals surface area (Å²) in [6.07, 6.45) is 0. The second-order valence-electron chi connectivity index (χ2n) is 6.91. The molecule has 0 saturated carbocycles. The Kier molecular flexibility index (Phi) is 5.63. The van der Waals surface area contributed by atoms with Crippen molar-refractivity contribution in [3.8, 4) is 5.75 Å². The highest BCUT2D eigenvalue weighted by Crippen LogP contribution is 2.26. The molecule has 0 fully saturated rings. The second kappa shape index (κ2) is 8.12. The van der Waals surface area contributed by atoms with Crippen LogP contribution in [0.25, 0.3) is 0 Å². The third-order valence-electron chi connectivity index (χ3n) is 4.60. The van der Waals surface area contributed by atoms with Crippen molar-refractivity contribution < 1.29 is 19.1 Å². The second-order valence-corrected chi connectivity index (χ2v) is 6.91. The topological polar surface area (TPSA) is 87.7 Å². The van der Waals surface area contributed by atoms with E-state index in [1.807, 2.05) is 13.8 Å². The molecule has 0 aliphatic carbocycles. The SMILES string of the molecule is COc1ccc(NC(=O)CN2C(=O)C(C(C)C)NC(=O)c3ccccc32)cc1. The number of para-hydroxylation sites is 1. The number of nitrogens with one attached hydrogen (secondary N) is 2. The molecule has 1 aliphatic heterocycles. The summed E-state index contributed by atoms with van der Waals surface area (Å²) in [5.41, 5.74) is 1.39. The maximum atomic E-state index is 13.1. The van der Waals surface area contributed by atoms with Crippen molar-refractivity contribution in [2.45, 2.75) is 19.9 Å². The van der Waals surface area contributed by atoms with Crippen LogP contribution in [0.15, 0.2) is 48.5 Å². The number of nitrogens with zero attached hydrogens (tertiary/aromatic N) is 1. The smallest absolute Gasteiger partial charge is 0.254 e. The van der Waals surface area contributed by atoms with Gasteiger partial charge in [-0.05, 0) is 42.3 Å². The van der Waals surface area contributed by atoms with Gasteiger partial charge in [-0.1, -0.05) is 26.0 Å². The molecule has 1 unspecified atom stereocenters. The molecule has 7 heteroatoms. The van der Waals surface area contributed by atoms with Gasteiger partial charge in [0.25, 0.3) is 5.91 Å². The molecular formula is C21H23N3O4. The highest BCUT2D eigenvalue weighted by atomic mass is 16.5. The number of amides is 3. The van der Waals surface area contributed by atoms with Crippen LogP contribution in [0.3, 0.4) is 0 Å². The highest BCUT2D eigenvalue weighted by Gasteiger charge is 2.36. The lowest BCUT2D eigenvalue weighted by Crippen LogP contribution is -2.50. The number of ether oxygens (including phenoxy) is 1. The van der Waals surface area contributed by atoms with Crippen LogP contribution in [0.4, 0.5) is 11.4 Å². The molecular weight excluding hydrogens is 358 g/mol. The van der Waals surface area contributed by atoms with Gasteiger partial charge in [-0.3, -0.25) is 14.4 Å². The maximum Gasteiger partial charge on any atom is 0.254 e. The Bertz CT molecular complexity index is 893. The maximum absolute atomic E-state index is 13.1. The molecule has 0 bridgehead atoms. The average Bonchev–Trinajstić information content (AvgIpc) is 2.79. The zero-order valence-electron chi connectivity index (χ0n) is 16.1. The standard InChI is InChI=1S/C21H23N3O4/c1-13(2)19-21(27)24(17-7-5-4-6-16(17)20(26)23-19)12-18(25)22-14-8-10-15(28-3)11-9-14/h4-11,13,19H,12H2,1-3H3,(H,22,25)(H,23,26). The van der Waals surface area contributed by atoms with Crippen LogP contribution < -0.4 is 20.3 Å². The summed E-state index contributed by atoms with van der Waals surface area (Å²) in [6.45, 7) is 3.52. The van der Waals surface area contributed by atoms with Gasteiger partial charge < -0.3 is 20.3 Å². The summed E-state index contributed by atoms with van der Waals surface area (Å²) in [7, 11) is 1.57. The van der Waals surface area contributed by atoms with E-state index in [9.17, 15) is 14.4 Å². The van der Waals surface area contributed by atoms with E-state index < -0.39 is 6.04 Å². The molecule has 1 heterocycles. The fourth-order valence-corrected chi connectivity index (χ4v) is 3.10. The zero-order chi connectivity index (χ0) is 20.3. The quantitative estimate of drug-likeness (QED) is 0.833. The van der Waals surface area contributed by atoms with E-state index in [-0.39, 0.29) is 30.2 Å². The predicted molar refractivity (Wildman–Crippen MR) is 107 cm³/mol. The molecule has 1 atom stereocenters. The Balaban J connectivity index is 1.86. The van der Waals surface area contributed by atoms with Crippen LogP contribution in [0.2, 0.25) is 0 Å². The predicted octanol–water partition coefficient (Wildman–Crippen LogP) is 2.43. The van der Waals surface area contributed by atoms with Gasteiger partial charge in [-0.15, -0.1) is 0 Å². The highest BCUT2D eigenvalue weighted by molar-refractivity contribution is 6.13. The first-order valence-electron chi connectivity index (χ1n) is 9.06. The van der Waals surface area contributed by atoms with Crippen LogP contribution in [-0.4, -0.2) is 37.4 Å². The van der Waals surface area contributed by atoms with E-state index in [0.717, 1.165) is 0 Å². The van der Waals surface area contributed by atoms with Crippen LogP contribution in [-0.2, 0) is 9.59 Å². The van der Waals surface area contributed by atoms with Crippen molar-refractivity contribution in [3.63, 3.8) is 0 Å². The first kappa shape index (κ1) is 19.4. The first-order chi connectivity index (χ1) is 13.4. The average molecular weight is 381 g/mol. The van der Waals surface area contributed by atoms with E-state index in [1.165, 1.54) is 4.90 Å². The molecule has 0 aromatic heterocycles. The van der Waals surface area contributed by atoms with Crippen molar-refractivity contribution in [2.75, 3.05) is 23.9 Å². The fraction of sp³-hybridized carbons (Fsp3) is 0.286. The van der Waals surface area contributed by atoms with Gasteiger partial charge in [-0.25, -0.2) is 0 Å². The van der Waals surface area contributed by atoms with E-state index in [4.69, 9.17) is 4.74 Å². The van der Waals surface area contributed by atoms with E-state index in [2.05, 4.69) is 10.6 Å². The van der Waals surface area contributed by atoms with Crippen LogP contribution in [0, 0.1) is 5.92 Å². The van der Waals surface area contributed by atoms with Gasteiger partial charge in [0.05, 0.1) is 18.4 Å². The minimum absolute atomic E-state index is 0.113. The lowest BCUT2D eigenvalue weighted by molar-refractivity contribution is -0.123. The Hall–Kier alpha value is -3.35. The fourth-order valence-electron chi connectivity index (χ4n) is 3.10. The number of carbonyl (C=O) groups excluding carboxylic acids is 3. The zero-order valence-corrected chi connectivity index (χ0v) is 16.1. The molecule has 2 aromatic rings. The number of methoxy groups -OCH3 is 1. The van der Waals surface area contributed by atoms with E-state index in [1.54, 1.807) is 55.6 Å². The lowest BCUT2D eigenvalue weighted by atomic mass is 10.0. The van der Waals surface area contributed by atoms with Crippen molar-refractivity contribution in [1.29, 1.82) is 0 Å². The Morgan fingerprint density at radius 2 is 1.82 bits per heavy atom. The normalized spacial score (nSPS) is 16.3. The molecule has 7 nitrogen and oxygen atoms in total. The van der Waals surface area contributed by atoms with E-state index in [0.29, 0.717) is 22.7 Å². The summed E-state index contributed by atoms with van der Waals surface area (Å²) >= 11 is 0. The van der Waals surface area contributed by atoms with E-state index >= 15 is 0 Å². The molecule has 0 spiro atoms. The third kappa shape index (κ3) is 3.98. The lowest BCUT2D eigenvalue weighted by Gasteiger charge is -2.26. The van der Waals surface area contributed by atoms with Crippen LogP contribution in [0.5, 0.6) is 5.75 Å². The van der Waals surface area contributed by atoms with Gasteiger partial charge >= 0.3 is 0 Å². The minimum atomic E-state index is -0.700. The molecule has 3 rings (SSSR count). The molecule has 1 aliphatic rings. The van der Waals surface area contributed by atoms with Crippen LogP contribution >= 0.6 is 0 Å². The first-order valence-corrected chi connectivity index (χ1v) is 9.06. The van der Waals surface area contributed by atoms with Gasteiger partial charge in [0.2, 0.25) is 11.8 Å². The Morgan fingerprint density at radius 1 is 1.14 bits per heavy atom. The third-order valence-corrected chi connectivity index (χ3v) is 4.60. The molecule has 28 heavy (non-hydrogen) atoms. The number of anilines is 2. The summed E-state index contributed by atoms with van der Waals surface area (Å²) in [4.78, 5) is 39.6. The van der Waals surface area contributed by atoms with Gasteiger partial charge in [-0.2, -0.15) is 0 Å². The van der Waals surface area contributed by atoms with Crippen molar-refractivity contribution in [1.82, 2.24) is 5.32 Å². The molecule has 0 saturated heterocycles.